The van der Waals surface area contributed by atoms with Crippen molar-refractivity contribution in [3.8, 4) is 5.75 Å². The van der Waals surface area contributed by atoms with E-state index in [2.05, 4.69) is 0 Å². The third-order valence-corrected chi connectivity index (χ3v) is 6.97. The molecule has 180 valence electrons. The summed E-state index contributed by atoms with van der Waals surface area (Å²) in [4.78, 5) is 29.9. The Morgan fingerprint density at radius 1 is 1.12 bits per heavy atom. The number of halogens is 1. The Hall–Kier alpha value is -2.93. The second-order valence-electron chi connectivity index (χ2n) is 9.33. The highest BCUT2D eigenvalue weighted by Crippen LogP contribution is 2.41. The average molecular weight is 467 g/mol. The molecule has 2 aromatic carbocycles. The first-order valence-corrected chi connectivity index (χ1v) is 12.3. The first kappa shape index (κ1) is 22.8. The fraction of sp³-hybridized carbons (Fsp3) is 0.481. The van der Waals surface area contributed by atoms with Crippen molar-refractivity contribution in [3.63, 3.8) is 0 Å². The van der Waals surface area contributed by atoms with E-state index in [9.17, 15) is 14.0 Å². The Morgan fingerprint density at radius 2 is 1.91 bits per heavy atom. The van der Waals surface area contributed by atoms with Crippen molar-refractivity contribution in [1.29, 1.82) is 0 Å². The highest BCUT2D eigenvalue weighted by atomic mass is 19.1. The van der Waals surface area contributed by atoms with Crippen molar-refractivity contribution in [2.45, 2.75) is 44.8 Å². The minimum absolute atomic E-state index is 0.0317. The van der Waals surface area contributed by atoms with E-state index in [0.29, 0.717) is 45.0 Å². The minimum Gasteiger partial charge on any atom is -0.481 e. The van der Waals surface area contributed by atoms with Crippen LogP contribution in [0.2, 0.25) is 0 Å². The Bertz CT molecular complexity index is 1060. The highest BCUT2D eigenvalue weighted by molar-refractivity contribution is 5.82. The number of nitrogens with zero attached hydrogens (tertiary/aromatic N) is 2. The third-order valence-electron chi connectivity index (χ3n) is 6.97. The molecule has 0 aromatic heterocycles. The summed E-state index contributed by atoms with van der Waals surface area (Å²) in [5.74, 6) is 0.455. The lowest BCUT2D eigenvalue weighted by Crippen LogP contribution is -2.47. The quantitative estimate of drug-likeness (QED) is 0.651. The molecule has 0 unspecified atom stereocenters. The third kappa shape index (κ3) is 4.67. The Labute approximate surface area is 199 Å². The van der Waals surface area contributed by atoms with Gasteiger partial charge < -0.3 is 19.3 Å². The van der Waals surface area contributed by atoms with Gasteiger partial charge in [-0.1, -0.05) is 25.1 Å². The molecule has 0 N–H and O–H groups in total. The summed E-state index contributed by atoms with van der Waals surface area (Å²) in [6.07, 6.45) is 2.54. The van der Waals surface area contributed by atoms with Gasteiger partial charge in [0, 0.05) is 25.6 Å². The zero-order chi connectivity index (χ0) is 23.7. The van der Waals surface area contributed by atoms with Crippen LogP contribution in [0.1, 0.15) is 48.9 Å². The van der Waals surface area contributed by atoms with E-state index in [0.717, 1.165) is 36.0 Å². The van der Waals surface area contributed by atoms with Crippen LogP contribution in [-0.2, 0) is 20.7 Å². The molecule has 0 radical (unpaired) electrons. The summed E-state index contributed by atoms with van der Waals surface area (Å²) in [7, 11) is 0. The fourth-order valence-corrected chi connectivity index (χ4v) is 4.96. The number of benzene rings is 2. The van der Waals surface area contributed by atoms with Crippen molar-refractivity contribution in [2.75, 3.05) is 32.8 Å². The molecule has 2 amide bonds. The van der Waals surface area contributed by atoms with Crippen molar-refractivity contribution in [2.24, 2.45) is 5.92 Å². The topological polar surface area (TPSA) is 59.1 Å². The molecule has 6 nitrogen and oxygen atoms in total. The molecule has 1 saturated heterocycles. The van der Waals surface area contributed by atoms with Crippen LogP contribution in [0.3, 0.4) is 0 Å². The first-order chi connectivity index (χ1) is 16.5. The monoisotopic (exact) mass is 466 g/mol. The number of rotatable bonds is 6. The predicted molar refractivity (Wildman–Crippen MR) is 125 cm³/mol. The molecule has 7 heteroatoms. The normalized spacial score (nSPS) is 21.1. The SMILES string of the molecule is CC[C@@H](Oc1ccc2c(c1)[C@@H](c1cccc(F)c1)N(C(=O)C1CC1)CC2)C(=O)N1CCOCC1. The smallest absolute Gasteiger partial charge is 0.263 e. The molecular formula is C27H31FN2O4. The molecule has 0 spiro atoms. The molecule has 5 rings (SSSR count). The lowest BCUT2D eigenvalue weighted by molar-refractivity contribution is -0.143. The molecule has 34 heavy (non-hydrogen) atoms. The molecule has 1 saturated carbocycles. The van der Waals surface area contributed by atoms with Gasteiger partial charge in [0.2, 0.25) is 5.91 Å². The molecular weight excluding hydrogens is 435 g/mol. The van der Waals surface area contributed by atoms with Gasteiger partial charge in [-0.25, -0.2) is 4.39 Å². The van der Waals surface area contributed by atoms with Crippen LogP contribution >= 0.6 is 0 Å². The van der Waals surface area contributed by atoms with Gasteiger partial charge in [-0.2, -0.15) is 0 Å². The Morgan fingerprint density at radius 3 is 2.62 bits per heavy atom. The largest absolute Gasteiger partial charge is 0.481 e. The first-order valence-electron chi connectivity index (χ1n) is 12.3. The molecule has 1 aliphatic carbocycles. The second-order valence-corrected chi connectivity index (χ2v) is 9.33. The van der Waals surface area contributed by atoms with Crippen LogP contribution < -0.4 is 4.74 Å². The maximum absolute atomic E-state index is 14.2. The lowest BCUT2D eigenvalue weighted by Gasteiger charge is -2.38. The summed E-state index contributed by atoms with van der Waals surface area (Å²) in [5.41, 5.74) is 2.81. The van der Waals surface area contributed by atoms with E-state index in [-0.39, 0.29) is 29.6 Å². The van der Waals surface area contributed by atoms with Crippen LogP contribution in [0.4, 0.5) is 4.39 Å². The molecule has 2 aromatic rings. The average Bonchev–Trinajstić information content (AvgIpc) is 3.72. The molecule has 2 aliphatic heterocycles. The molecule has 0 bridgehead atoms. The molecule has 2 fully saturated rings. The van der Waals surface area contributed by atoms with E-state index in [1.165, 1.54) is 12.1 Å². The Balaban J connectivity index is 1.45. The van der Waals surface area contributed by atoms with Gasteiger partial charge in [-0.15, -0.1) is 0 Å². The number of amides is 2. The van der Waals surface area contributed by atoms with Gasteiger partial charge >= 0.3 is 0 Å². The van der Waals surface area contributed by atoms with Gasteiger partial charge in [-0.3, -0.25) is 9.59 Å². The van der Waals surface area contributed by atoms with Crippen molar-refractivity contribution >= 4 is 11.8 Å². The van der Waals surface area contributed by atoms with Gasteiger partial charge in [-0.05, 0) is 66.6 Å². The van der Waals surface area contributed by atoms with E-state index >= 15 is 0 Å². The minimum atomic E-state index is -0.587. The Kier molecular flexibility index (Phi) is 6.55. The number of carbonyl (C=O) groups is 2. The van der Waals surface area contributed by atoms with E-state index in [1.54, 1.807) is 11.0 Å². The van der Waals surface area contributed by atoms with Gasteiger partial charge in [0.05, 0.1) is 19.3 Å². The van der Waals surface area contributed by atoms with Gasteiger partial charge in [0.15, 0.2) is 6.10 Å². The van der Waals surface area contributed by atoms with Crippen molar-refractivity contribution < 1.29 is 23.5 Å². The standard InChI is InChI=1S/C27H31FN2O4/c1-2-24(27(32)29-12-14-33-15-13-29)34-22-9-8-18-10-11-30(26(31)19-6-7-19)25(23(18)17-22)20-4-3-5-21(28)16-20/h3-5,8-9,16-17,19,24-25H,2,6-7,10-15H2,1H3/t24-,25-/m1/s1. The molecule has 2 heterocycles. The maximum atomic E-state index is 14.2. The summed E-state index contributed by atoms with van der Waals surface area (Å²) in [5, 5.41) is 0. The number of hydrogen-bond donors (Lipinski definition) is 0. The number of ether oxygens (including phenoxy) is 2. The summed E-state index contributed by atoms with van der Waals surface area (Å²) in [6.45, 7) is 4.78. The number of fused-ring (bicyclic) bond motifs is 1. The van der Waals surface area contributed by atoms with E-state index in [1.807, 2.05) is 36.1 Å². The zero-order valence-electron chi connectivity index (χ0n) is 19.5. The fourth-order valence-electron chi connectivity index (χ4n) is 4.96. The van der Waals surface area contributed by atoms with Crippen LogP contribution in [0.25, 0.3) is 0 Å². The highest BCUT2D eigenvalue weighted by Gasteiger charge is 2.40. The number of carbonyl (C=O) groups excluding carboxylic acids is 2. The number of hydrogen-bond acceptors (Lipinski definition) is 4. The number of morpholine rings is 1. The lowest BCUT2D eigenvalue weighted by atomic mass is 9.87. The second kappa shape index (κ2) is 9.74. The summed E-state index contributed by atoms with van der Waals surface area (Å²) < 4.78 is 25.7. The van der Waals surface area contributed by atoms with Crippen LogP contribution in [0.15, 0.2) is 42.5 Å². The molecule has 2 atom stereocenters. The van der Waals surface area contributed by atoms with Crippen LogP contribution in [-0.4, -0.2) is 60.6 Å². The summed E-state index contributed by atoms with van der Waals surface area (Å²) >= 11 is 0. The van der Waals surface area contributed by atoms with Crippen molar-refractivity contribution in [1.82, 2.24) is 9.80 Å². The van der Waals surface area contributed by atoms with Crippen molar-refractivity contribution in [3.05, 3.63) is 65.0 Å². The predicted octanol–water partition coefficient (Wildman–Crippen LogP) is 3.73. The zero-order valence-corrected chi connectivity index (χ0v) is 19.5. The van der Waals surface area contributed by atoms with Gasteiger partial charge in [0.1, 0.15) is 11.6 Å². The van der Waals surface area contributed by atoms with Crippen LogP contribution in [0, 0.1) is 11.7 Å². The summed E-state index contributed by atoms with van der Waals surface area (Å²) in [6, 6.07) is 12.0. The van der Waals surface area contributed by atoms with E-state index in [4.69, 9.17) is 9.47 Å². The van der Waals surface area contributed by atoms with Gasteiger partial charge in [0.25, 0.3) is 5.91 Å². The van der Waals surface area contributed by atoms with Crippen LogP contribution in [0.5, 0.6) is 5.75 Å². The molecule has 3 aliphatic rings. The van der Waals surface area contributed by atoms with E-state index < -0.39 is 6.10 Å². The maximum Gasteiger partial charge on any atom is 0.263 e.